The minimum Gasteiger partial charge on any atom is -0.487 e. The fraction of sp³-hybridized carbons (Fsp3) is 0.267. The van der Waals surface area contributed by atoms with Crippen molar-refractivity contribution in [3.8, 4) is 5.75 Å². The number of carbonyl (C=O) groups is 1. The maximum Gasteiger partial charge on any atom is 0.349 e. The number of benzene rings is 1. The molecule has 0 saturated heterocycles. The standard InChI is InChI=1S/C15H16O3S/c1-3-12-8-13(14(19-12)15(16)17)18-9-11-6-4-10(2)5-7-11/h4-8H,3,9H2,1-2H3,(H,16,17). The lowest BCUT2D eigenvalue weighted by molar-refractivity contribution is 0.0697. The second-order valence-electron chi connectivity index (χ2n) is 4.34. The Morgan fingerprint density at radius 2 is 2.00 bits per heavy atom. The van der Waals surface area contributed by atoms with Crippen LogP contribution in [0.2, 0.25) is 0 Å². The summed E-state index contributed by atoms with van der Waals surface area (Å²) in [6.45, 7) is 4.42. The van der Waals surface area contributed by atoms with Gasteiger partial charge in [0.2, 0.25) is 0 Å². The summed E-state index contributed by atoms with van der Waals surface area (Å²) >= 11 is 1.28. The van der Waals surface area contributed by atoms with Crippen LogP contribution in [0, 0.1) is 6.92 Å². The monoisotopic (exact) mass is 276 g/mol. The van der Waals surface area contributed by atoms with Crippen LogP contribution in [0.5, 0.6) is 5.75 Å². The van der Waals surface area contributed by atoms with Crippen molar-refractivity contribution in [3.05, 3.63) is 51.2 Å². The van der Waals surface area contributed by atoms with Gasteiger partial charge in [-0.1, -0.05) is 36.8 Å². The van der Waals surface area contributed by atoms with Gasteiger partial charge in [0.15, 0.2) is 4.88 Å². The SMILES string of the molecule is CCc1cc(OCc2ccc(C)cc2)c(C(=O)O)s1. The molecule has 0 bridgehead atoms. The molecule has 100 valence electrons. The molecular formula is C15H16O3S. The molecule has 0 spiro atoms. The first-order valence-electron chi connectivity index (χ1n) is 6.14. The predicted octanol–water partition coefficient (Wildman–Crippen LogP) is 3.90. The summed E-state index contributed by atoms with van der Waals surface area (Å²) in [7, 11) is 0. The summed E-state index contributed by atoms with van der Waals surface area (Å²) in [4.78, 5) is 12.4. The first kappa shape index (κ1) is 13.6. The van der Waals surface area contributed by atoms with Gasteiger partial charge in [-0.3, -0.25) is 0 Å². The highest BCUT2D eigenvalue weighted by molar-refractivity contribution is 7.14. The van der Waals surface area contributed by atoms with Gasteiger partial charge in [0.1, 0.15) is 12.4 Å². The largest absolute Gasteiger partial charge is 0.487 e. The van der Waals surface area contributed by atoms with Gasteiger partial charge in [0, 0.05) is 4.88 Å². The number of hydrogen-bond donors (Lipinski definition) is 1. The lowest BCUT2D eigenvalue weighted by Crippen LogP contribution is -2.00. The zero-order chi connectivity index (χ0) is 13.8. The molecule has 3 nitrogen and oxygen atoms in total. The summed E-state index contributed by atoms with van der Waals surface area (Å²) in [5, 5.41) is 9.14. The molecule has 0 saturated carbocycles. The topological polar surface area (TPSA) is 46.5 Å². The summed E-state index contributed by atoms with van der Waals surface area (Å²) in [5.74, 6) is -0.460. The van der Waals surface area contributed by atoms with E-state index in [0.29, 0.717) is 12.4 Å². The van der Waals surface area contributed by atoms with Crippen LogP contribution in [0.25, 0.3) is 0 Å². The van der Waals surface area contributed by atoms with E-state index in [4.69, 9.17) is 9.84 Å². The summed E-state index contributed by atoms with van der Waals surface area (Å²) in [6.07, 6.45) is 0.818. The van der Waals surface area contributed by atoms with E-state index in [1.165, 1.54) is 16.9 Å². The molecule has 4 heteroatoms. The van der Waals surface area contributed by atoms with Crippen molar-refractivity contribution < 1.29 is 14.6 Å². The lowest BCUT2D eigenvalue weighted by atomic mass is 10.2. The molecule has 0 fully saturated rings. The van der Waals surface area contributed by atoms with Crippen molar-refractivity contribution in [2.45, 2.75) is 26.9 Å². The van der Waals surface area contributed by atoms with E-state index in [9.17, 15) is 4.79 Å². The minimum atomic E-state index is -0.927. The van der Waals surface area contributed by atoms with E-state index in [0.717, 1.165) is 16.9 Å². The maximum absolute atomic E-state index is 11.1. The van der Waals surface area contributed by atoms with Crippen molar-refractivity contribution in [1.29, 1.82) is 0 Å². The molecule has 2 rings (SSSR count). The number of aryl methyl sites for hydroxylation is 2. The van der Waals surface area contributed by atoms with Crippen LogP contribution in [0.3, 0.4) is 0 Å². The van der Waals surface area contributed by atoms with Crippen molar-refractivity contribution in [2.75, 3.05) is 0 Å². The maximum atomic E-state index is 11.1. The normalized spacial score (nSPS) is 10.4. The van der Waals surface area contributed by atoms with E-state index < -0.39 is 5.97 Å². The Labute approximate surface area is 116 Å². The third-order valence-electron chi connectivity index (χ3n) is 2.81. The van der Waals surface area contributed by atoms with Gasteiger partial charge in [-0.25, -0.2) is 4.79 Å². The number of rotatable bonds is 5. The molecule has 0 aliphatic rings. The summed E-state index contributed by atoms with van der Waals surface area (Å²) in [6, 6.07) is 9.83. The van der Waals surface area contributed by atoms with E-state index in [1.807, 2.05) is 44.2 Å². The van der Waals surface area contributed by atoms with Crippen LogP contribution in [-0.4, -0.2) is 11.1 Å². The summed E-state index contributed by atoms with van der Waals surface area (Å²) in [5.41, 5.74) is 2.23. The molecular weight excluding hydrogens is 260 g/mol. The fourth-order valence-corrected chi connectivity index (χ4v) is 2.58. The number of carboxylic acids is 1. The first-order chi connectivity index (χ1) is 9.10. The molecule has 0 aliphatic heterocycles. The third kappa shape index (κ3) is 3.35. The number of carboxylic acid groups (broad SMARTS) is 1. The van der Waals surface area contributed by atoms with Crippen LogP contribution >= 0.6 is 11.3 Å². The van der Waals surface area contributed by atoms with E-state index in [2.05, 4.69) is 0 Å². The van der Waals surface area contributed by atoms with Gasteiger partial charge < -0.3 is 9.84 Å². The molecule has 1 aromatic heterocycles. The molecule has 0 amide bonds. The zero-order valence-electron chi connectivity index (χ0n) is 11.0. The molecule has 2 aromatic rings. The average Bonchev–Trinajstić information content (AvgIpc) is 2.81. The van der Waals surface area contributed by atoms with Gasteiger partial charge in [-0.05, 0) is 25.0 Å². The van der Waals surface area contributed by atoms with Gasteiger partial charge in [-0.15, -0.1) is 11.3 Å². The van der Waals surface area contributed by atoms with Crippen LogP contribution < -0.4 is 4.74 Å². The lowest BCUT2D eigenvalue weighted by Gasteiger charge is -2.05. The van der Waals surface area contributed by atoms with Crippen LogP contribution in [-0.2, 0) is 13.0 Å². The quantitative estimate of drug-likeness (QED) is 0.901. The number of thiophene rings is 1. The average molecular weight is 276 g/mol. The zero-order valence-corrected chi connectivity index (χ0v) is 11.8. The van der Waals surface area contributed by atoms with Gasteiger partial charge in [-0.2, -0.15) is 0 Å². The fourth-order valence-electron chi connectivity index (χ4n) is 1.70. The van der Waals surface area contributed by atoms with E-state index in [-0.39, 0.29) is 4.88 Å². The Bertz CT molecular complexity index is 570. The highest BCUT2D eigenvalue weighted by Gasteiger charge is 2.16. The smallest absolute Gasteiger partial charge is 0.349 e. The van der Waals surface area contributed by atoms with Gasteiger partial charge in [0.25, 0.3) is 0 Å². The molecule has 1 N–H and O–H groups in total. The van der Waals surface area contributed by atoms with Crippen molar-refractivity contribution in [1.82, 2.24) is 0 Å². The first-order valence-corrected chi connectivity index (χ1v) is 6.96. The second-order valence-corrected chi connectivity index (χ2v) is 5.48. The molecule has 19 heavy (non-hydrogen) atoms. The van der Waals surface area contributed by atoms with Gasteiger partial charge >= 0.3 is 5.97 Å². The van der Waals surface area contributed by atoms with Crippen molar-refractivity contribution >= 4 is 17.3 Å². The highest BCUT2D eigenvalue weighted by atomic mass is 32.1. The Hall–Kier alpha value is -1.81. The number of hydrogen-bond acceptors (Lipinski definition) is 3. The number of aromatic carboxylic acids is 1. The Kier molecular flexibility index (Phi) is 4.22. The van der Waals surface area contributed by atoms with Crippen LogP contribution in [0.1, 0.15) is 32.6 Å². The third-order valence-corrected chi connectivity index (χ3v) is 4.06. The molecule has 0 aliphatic carbocycles. The van der Waals surface area contributed by atoms with Crippen LogP contribution in [0.4, 0.5) is 0 Å². The van der Waals surface area contributed by atoms with Crippen LogP contribution in [0.15, 0.2) is 30.3 Å². The van der Waals surface area contributed by atoms with Crippen molar-refractivity contribution in [2.24, 2.45) is 0 Å². The molecule has 1 heterocycles. The Morgan fingerprint density at radius 1 is 1.32 bits per heavy atom. The molecule has 0 radical (unpaired) electrons. The summed E-state index contributed by atoms with van der Waals surface area (Å²) < 4.78 is 5.64. The second kappa shape index (κ2) is 5.89. The number of ether oxygens (including phenoxy) is 1. The molecule has 0 unspecified atom stereocenters. The predicted molar refractivity (Wildman–Crippen MR) is 76.2 cm³/mol. The Morgan fingerprint density at radius 3 is 2.58 bits per heavy atom. The Balaban J connectivity index is 2.12. The van der Waals surface area contributed by atoms with E-state index in [1.54, 1.807) is 0 Å². The molecule has 1 aromatic carbocycles. The van der Waals surface area contributed by atoms with Gasteiger partial charge in [0.05, 0.1) is 0 Å². The molecule has 0 atom stereocenters. The van der Waals surface area contributed by atoms with Crippen molar-refractivity contribution in [3.63, 3.8) is 0 Å². The minimum absolute atomic E-state index is 0.281. The highest BCUT2D eigenvalue weighted by Crippen LogP contribution is 2.30. The van der Waals surface area contributed by atoms with E-state index >= 15 is 0 Å².